The molecule has 4 nitrogen and oxygen atoms in total. The maximum absolute atomic E-state index is 12.3. The molecule has 0 radical (unpaired) electrons. The Morgan fingerprint density at radius 1 is 1.32 bits per heavy atom. The van der Waals surface area contributed by atoms with Crippen LogP contribution in [0.15, 0.2) is 30.6 Å². The van der Waals surface area contributed by atoms with Crippen molar-refractivity contribution in [3.8, 4) is 0 Å². The average molecular weight is 294 g/mol. The maximum atomic E-state index is 12.3. The number of aromatic nitrogens is 2. The molecule has 1 aliphatic heterocycles. The summed E-state index contributed by atoms with van der Waals surface area (Å²) in [6, 6.07) is 2.96. The fraction of sp³-hybridized carbons (Fsp3) is 0.154. The van der Waals surface area contributed by atoms with Crippen LogP contribution >= 0.6 is 23.2 Å². The van der Waals surface area contributed by atoms with Crippen LogP contribution in [0.5, 0.6) is 0 Å². The van der Waals surface area contributed by atoms with Crippen molar-refractivity contribution in [2.45, 2.75) is 6.04 Å². The summed E-state index contributed by atoms with van der Waals surface area (Å²) in [6.07, 6.45) is 5.10. The molecule has 1 aromatic carbocycles. The molecule has 0 fully saturated rings. The van der Waals surface area contributed by atoms with Gasteiger partial charge in [0.15, 0.2) is 5.78 Å². The number of hydrogen-bond acceptors (Lipinski definition) is 4. The first kappa shape index (κ1) is 12.5. The van der Waals surface area contributed by atoms with Crippen LogP contribution in [0.4, 0.5) is 0 Å². The zero-order valence-electron chi connectivity index (χ0n) is 9.73. The second-order valence-corrected chi connectivity index (χ2v) is 4.96. The van der Waals surface area contributed by atoms with E-state index in [-0.39, 0.29) is 11.8 Å². The minimum atomic E-state index is -0.327. The summed E-state index contributed by atoms with van der Waals surface area (Å²) >= 11 is 12.1. The number of Topliss-reactive ketones (excluding diaryl/α,β-unsaturated/α-hetero) is 1. The van der Waals surface area contributed by atoms with Crippen LogP contribution in [0.3, 0.4) is 0 Å². The molecular weight excluding hydrogens is 285 g/mol. The van der Waals surface area contributed by atoms with Crippen molar-refractivity contribution in [3.05, 3.63) is 46.4 Å². The number of halogens is 2. The number of carbonyl (C=O) groups excluding carboxylic acids is 1. The normalized spacial score (nSPS) is 18.1. The van der Waals surface area contributed by atoms with E-state index in [0.717, 1.165) is 0 Å². The largest absolute Gasteiger partial charge is 0.300 e. The fourth-order valence-corrected chi connectivity index (χ4v) is 2.50. The Labute approximate surface area is 119 Å². The lowest BCUT2D eigenvalue weighted by atomic mass is 10.0. The first-order valence-electron chi connectivity index (χ1n) is 5.71. The molecule has 1 aromatic heterocycles. The van der Waals surface area contributed by atoms with Gasteiger partial charge >= 0.3 is 0 Å². The van der Waals surface area contributed by atoms with Gasteiger partial charge in [-0.1, -0.05) is 35.4 Å². The molecule has 19 heavy (non-hydrogen) atoms. The molecule has 6 heteroatoms. The van der Waals surface area contributed by atoms with Crippen molar-refractivity contribution < 1.29 is 4.79 Å². The van der Waals surface area contributed by atoms with Gasteiger partial charge in [0.2, 0.25) is 0 Å². The van der Waals surface area contributed by atoms with Gasteiger partial charge in [0.05, 0.1) is 16.6 Å². The number of ketones is 1. The average Bonchev–Trinajstić information content (AvgIpc) is 2.92. The lowest BCUT2D eigenvalue weighted by Crippen LogP contribution is -2.31. The van der Waals surface area contributed by atoms with Crippen molar-refractivity contribution in [2.24, 2.45) is 0 Å². The van der Waals surface area contributed by atoms with E-state index in [1.807, 2.05) is 12.2 Å². The van der Waals surface area contributed by atoms with Gasteiger partial charge in [-0.05, 0) is 12.1 Å². The predicted molar refractivity (Wildman–Crippen MR) is 74.8 cm³/mol. The van der Waals surface area contributed by atoms with Crippen molar-refractivity contribution in [2.75, 3.05) is 6.54 Å². The highest BCUT2D eigenvalue weighted by molar-refractivity contribution is 6.37. The molecule has 0 bridgehead atoms. The Hall–Kier alpha value is -1.49. The van der Waals surface area contributed by atoms with Crippen LogP contribution in [0.25, 0.3) is 10.9 Å². The highest BCUT2D eigenvalue weighted by Crippen LogP contribution is 2.27. The molecule has 3 rings (SSSR count). The van der Waals surface area contributed by atoms with Crippen molar-refractivity contribution >= 4 is 39.9 Å². The minimum Gasteiger partial charge on any atom is -0.300 e. The second kappa shape index (κ2) is 4.89. The third kappa shape index (κ3) is 2.23. The summed E-state index contributed by atoms with van der Waals surface area (Å²) in [4.78, 5) is 20.3. The summed E-state index contributed by atoms with van der Waals surface area (Å²) in [6.45, 7) is 0.690. The van der Waals surface area contributed by atoms with Crippen LogP contribution < -0.4 is 5.32 Å². The molecule has 2 aromatic rings. The third-order valence-electron chi connectivity index (χ3n) is 3.01. The molecule has 1 aliphatic rings. The van der Waals surface area contributed by atoms with Gasteiger partial charge in [-0.3, -0.25) is 4.79 Å². The maximum Gasteiger partial charge on any atom is 0.185 e. The summed E-state index contributed by atoms with van der Waals surface area (Å²) in [7, 11) is 0. The third-order valence-corrected chi connectivity index (χ3v) is 3.62. The molecule has 1 unspecified atom stereocenters. The van der Waals surface area contributed by atoms with Gasteiger partial charge in [-0.25, -0.2) is 9.97 Å². The molecule has 96 valence electrons. The summed E-state index contributed by atoms with van der Waals surface area (Å²) in [5.74, 6) is -0.0737. The summed E-state index contributed by atoms with van der Waals surface area (Å²) < 4.78 is 0. The molecule has 1 atom stereocenters. The number of nitrogens with zero attached hydrogens (tertiary/aromatic N) is 2. The number of hydrogen-bond donors (Lipinski definition) is 1. The zero-order valence-corrected chi connectivity index (χ0v) is 11.2. The van der Waals surface area contributed by atoms with Crippen molar-refractivity contribution in [1.82, 2.24) is 15.3 Å². The van der Waals surface area contributed by atoms with E-state index in [1.165, 1.54) is 6.33 Å². The van der Waals surface area contributed by atoms with E-state index in [1.54, 1.807) is 12.1 Å². The van der Waals surface area contributed by atoms with Crippen LogP contribution in [-0.2, 0) is 0 Å². The Kier molecular flexibility index (Phi) is 3.22. The van der Waals surface area contributed by atoms with Crippen LogP contribution in [0.2, 0.25) is 10.2 Å². The number of rotatable bonds is 2. The van der Waals surface area contributed by atoms with E-state index in [0.29, 0.717) is 33.2 Å². The Morgan fingerprint density at radius 3 is 2.89 bits per heavy atom. The van der Waals surface area contributed by atoms with Crippen LogP contribution in [0, 0.1) is 0 Å². The highest BCUT2D eigenvalue weighted by Gasteiger charge is 2.22. The molecule has 1 N–H and O–H groups in total. The SMILES string of the molecule is O=C(c1cc2ncnc(Cl)c2cc1Cl)C1C=CCN1. The van der Waals surface area contributed by atoms with E-state index >= 15 is 0 Å². The van der Waals surface area contributed by atoms with Gasteiger partial charge < -0.3 is 5.32 Å². The van der Waals surface area contributed by atoms with Gasteiger partial charge in [0.25, 0.3) is 0 Å². The topological polar surface area (TPSA) is 54.9 Å². The zero-order chi connectivity index (χ0) is 13.4. The quantitative estimate of drug-likeness (QED) is 0.525. The molecule has 0 spiro atoms. The number of benzene rings is 1. The molecule has 0 amide bonds. The monoisotopic (exact) mass is 293 g/mol. The number of carbonyl (C=O) groups is 1. The van der Waals surface area contributed by atoms with Crippen LogP contribution in [0.1, 0.15) is 10.4 Å². The lowest BCUT2D eigenvalue weighted by Gasteiger charge is -2.10. The predicted octanol–water partition coefficient (Wildman–Crippen LogP) is 2.65. The highest BCUT2D eigenvalue weighted by atomic mass is 35.5. The Morgan fingerprint density at radius 2 is 2.16 bits per heavy atom. The first-order valence-corrected chi connectivity index (χ1v) is 6.46. The van der Waals surface area contributed by atoms with Gasteiger partial charge in [-0.2, -0.15) is 0 Å². The fourth-order valence-electron chi connectivity index (χ4n) is 2.05. The smallest absolute Gasteiger partial charge is 0.185 e. The standard InChI is InChI=1S/C13H9Cl2N3O/c14-9-4-8-11(17-6-18-13(8)15)5-7(9)12(19)10-2-1-3-16-10/h1-2,4-6,10,16H,3H2. The van der Waals surface area contributed by atoms with E-state index in [9.17, 15) is 4.79 Å². The van der Waals surface area contributed by atoms with Gasteiger partial charge in [0.1, 0.15) is 11.5 Å². The van der Waals surface area contributed by atoms with E-state index in [2.05, 4.69) is 15.3 Å². The molecule has 2 heterocycles. The van der Waals surface area contributed by atoms with E-state index in [4.69, 9.17) is 23.2 Å². The minimum absolute atomic E-state index is 0.0737. The Bertz CT molecular complexity index is 700. The van der Waals surface area contributed by atoms with Gasteiger partial charge in [0, 0.05) is 17.5 Å². The van der Waals surface area contributed by atoms with Crippen molar-refractivity contribution in [3.63, 3.8) is 0 Å². The molecule has 0 saturated carbocycles. The van der Waals surface area contributed by atoms with Gasteiger partial charge in [-0.15, -0.1) is 0 Å². The summed E-state index contributed by atoms with van der Waals surface area (Å²) in [5, 5.41) is 4.38. The lowest BCUT2D eigenvalue weighted by molar-refractivity contribution is 0.0968. The Balaban J connectivity index is 2.11. The van der Waals surface area contributed by atoms with Crippen LogP contribution in [-0.4, -0.2) is 28.3 Å². The number of nitrogens with one attached hydrogen (secondary N) is 1. The summed E-state index contributed by atoms with van der Waals surface area (Å²) in [5.41, 5.74) is 1.04. The first-order chi connectivity index (χ1) is 9.16. The molecular formula is C13H9Cl2N3O. The second-order valence-electron chi connectivity index (χ2n) is 4.19. The van der Waals surface area contributed by atoms with Crippen molar-refractivity contribution in [1.29, 1.82) is 0 Å². The molecule has 0 aliphatic carbocycles. The molecule has 0 saturated heterocycles. The number of fused-ring (bicyclic) bond motifs is 1. The van der Waals surface area contributed by atoms with E-state index < -0.39 is 0 Å².